The summed E-state index contributed by atoms with van der Waals surface area (Å²) in [4.78, 5) is 17.8. The number of carbonyl (C=O) groups is 1. The topological polar surface area (TPSA) is 99.6 Å². The molecule has 8 heteroatoms. The van der Waals surface area contributed by atoms with Gasteiger partial charge in [0.1, 0.15) is 0 Å². The molecule has 0 amide bonds. The molecule has 33 heavy (non-hydrogen) atoms. The summed E-state index contributed by atoms with van der Waals surface area (Å²) in [6.07, 6.45) is 7.05. The summed E-state index contributed by atoms with van der Waals surface area (Å²) in [6.45, 7) is 7.44. The monoisotopic (exact) mass is 465 g/mol. The highest BCUT2D eigenvalue weighted by Crippen LogP contribution is 2.34. The molecular weight excluding hydrogens is 438 g/mol. The number of rotatable bonds is 8. The molecule has 1 heterocycles. The predicted octanol–water partition coefficient (Wildman–Crippen LogP) is 4.26. The van der Waals surface area contributed by atoms with Crippen LogP contribution in [0.25, 0.3) is 10.9 Å². The molecule has 1 aromatic heterocycles. The fraction of sp³-hybridized carbons (Fsp3) is 0.280. The first-order chi connectivity index (χ1) is 15.5. The van der Waals surface area contributed by atoms with Crippen LogP contribution in [0, 0.1) is 33.1 Å². The Hall–Kier alpha value is -3.57. The van der Waals surface area contributed by atoms with Crippen molar-refractivity contribution in [1.29, 1.82) is 0 Å². The van der Waals surface area contributed by atoms with Crippen LogP contribution >= 0.6 is 0 Å². The van der Waals surface area contributed by atoms with Gasteiger partial charge in [-0.05, 0) is 63.1 Å². The van der Waals surface area contributed by atoms with Gasteiger partial charge in [0.25, 0.3) is 10.0 Å². The van der Waals surface area contributed by atoms with Crippen LogP contribution in [0.2, 0.25) is 0 Å². The third kappa shape index (κ3) is 5.10. The number of nitrogens with zero attached hydrogens (tertiary/aromatic N) is 2. The van der Waals surface area contributed by atoms with Gasteiger partial charge < -0.3 is 10.0 Å². The second-order valence-corrected chi connectivity index (χ2v) is 9.76. The van der Waals surface area contributed by atoms with Crippen molar-refractivity contribution in [3.05, 3.63) is 59.3 Å². The van der Waals surface area contributed by atoms with Crippen LogP contribution < -0.4 is 9.62 Å². The number of sulfonamides is 1. The second kappa shape index (κ2) is 9.51. The van der Waals surface area contributed by atoms with Gasteiger partial charge in [0.2, 0.25) is 0 Å². The summed E-state index contributed by atoms with van der Waals surface area (Å²) in [5, 5.41) is 9.82. The number of aliphatic carboxylic acids is 1. The van der Waals surface area contributed by atoms with Gasteiger partial charge >= 0.3 is 5.97 Å². The lowest BCUT2D eigenvalue weighted by Gasteiger charge is -2.29. The van der Waals surface area contributed by atoms with Crippen molar-refractivity contribution in [3.8, 4) is 12.3 Å². The van der Waals surface area contributed by atoms with Crippen molar-refractivity contribution >= 4 is 38.3 Å². The number of carboxylic acids is 1. The summed E-state index contributed by atoms with van der Waals surface area (Å²) in [5.74, 6) is 1.63. The Balaban J connectivity index is 2.11. The van der Waals surface area contributed by atoms with Crippen LogP contribution in [0.1, 0.15) is 30.0 Å². The number of aryl methyl sites for hydroxylation is 3. The molecule has 3 rings (SSSR count). The molecule has 2 N–H and O–H groups in total. The molecule has 1 atom stereocenters. The number of nitrogens with one attached hydrogen (secondary N) is 1. The standard InChI is InChI=1S/C25H27N3O4S/c1-6-12-28(19(5)15-23(29)30)22-10-9-21(20-8-7-11-26-24(20)22)27-33(31,32)25-17(3)13-16(2)14-18(25)4/h1,7-11,13-14,19,27H,12,15H2,2-5H3,(H,29,30)/t19-/m0/s1. The fourth-order valence-electron chi connectivity index (χ4n) is 4.20. The van der Waals surface area contributed by atoms with Crippen LogP contribution in [-0.4, -0.2) is 37.1 Å². The molecule has 0 radical (unpaired) electrons. The number of terminal acetylenes is 1. The molecule has 0 aliphatic heterocycles. The van der Waals surface area contributed by atoms with E-state index in [2.05, 4.69) is 15.6 Å². The van der Waals surface area contributed by atoms with E-state index in [1.54, 1.807) is 56.1 Å². The Labute approximate surface area is 194 Å². The highest BCUT2D eigenvalue weighted by Gasteiger charge is 2.24. The molecule has 0 saturated heterocycles. The number of hydrogen-bond donors (Lipinski definition) is 2. The van der Waals surface area contributed by atoms with Gasteiger partial charge in [-0.25, -0.2) is 8.42 Å². The second-order valence-electron chi connectivity index (χ2n) is 8.14. The van der Waals surface area contributed by atoms with E-state index in [0.29, 0.717) is 33.4 Å². The highest BCUT2D eigenvalue weighted by atomic mass is 32.2. The molecule has 0 unspecified atom stereocenters. The molecule has 0 spiro atoms. The number of fused-ring (bicyclic) bond motifs is 1. The van der Waals surface area contributed by atoms with Crippen molar-refractivity contribution in [2.24, 2.45) is 0 Å². The number of carboxylic acid groups (broad SMARTS) is 1. The molecule has 172 valence electrons. The SMILES string of the molecule is C#CCN(c1ccc(NS(=O)(=O)c2c(C)cc(C)cc2C)c2cccnc12)[C@@H](C)CC(=O)O. The maximum absolute atomic E-state index is 13.3. The lowest BCUT2D eigenvalue weighted by molar-refractivity contribution is -0.137. The number of benzene rings is 2. The smallest absolute Gasteiger partial charge is 0.305 e. The van der Waals surface area contributed by atoms with Crippen molar-refractivity contribution in [2.45, 2.75) is 45.1 Å². The zero-order valence-corrected chi connectivity index (χ0v) is 19.9. The summed E-state index contributed by atoms with van der Waals surface area (Å²) in [6, 6.07) is 10.2. The average molecular weight is 466 g/mol. The molecular formula is C25H27N3O4S. The Morgan fingerprint density at radius 1 is 1.21 bits per heavy atom. The summed E-state index contributed by atoms with van der Waals surface area (Å²) >= 11 is 0. The minimum Gasteiger partial charge on any atom is -0.481 e. The normalized spacial score (nSPS) is 12.2. The quantitative estimate of drug-likeness (QED) is 0.482. The maximum Gasteiger partial charge on any atom is 0.305 e. The van der Waals surface area contributed by atoms with Crippen LogP contribution in [0.3, 0.4) is 0 Å². The van der Waals surface area contributed by atoms with Crippen LogP contribution in [-0.2, 0) is 14.8 Å². The first kappa shape index (κ1) is 24.1. The summed E-state index contributed by atoms with van der Waals surface area (Å²) < 4.78 is 29.3. The Morgan fingerprint density at radius 2 is 1.88 bits per heavy atom. The first-order valence-electron chi connectivity index (χ1n) is 10.5. The molecule has 0 bridgehead atoms. The van der Waals surface area contributed by atoms with E-state index < -0.39 is 16.0 Å². The molecule has 0 fully saturated rings. The number of anilines is 2. The van der Waals surface area contributed by atoms with Gasteiger partial charge in [0.05, 0.1) is 34.8 Å². The van der Waals surface area contributed by atoms with E-state index in [4.69, 9.17) is 6.42 Å². The average Bonchev–Trinajstić information content (AvgIpc) is 2.71. The van der Waals surface area contributed by atoms with Crippen molar-refractivity contribution in [2.75, 3.05) is 16.2 Å². The zero-order valence-electron chi connectivity index (χ0n) is 19.1. The highest BCUT2D eigenvalue weighted by molar-refractivity contribution is 7.92. The molecule has 3 aromatic rings. The van der Waals surface area contributed by atoms with Gasteiger partial charge in [0.15, 0.2) is 0 Å². The van der Waals surface area contributed by atoms with Gasteiger partial charge in [-0.1, -0.05) is 23.6 Å². The van der Waals surface area contributed by atoms with Crippen molar-refractivity contribution in [3.63, 3.8) is 0 Å². The van der Waals surface area contributed by atoms with E-state index in [9.17, 15) is 18.3 Å². The Morgan fingerprint density at radius 3 is 2.48 bits per heavy atom. The van der Waals surface area contributed by atoms with Crippen molar-refractivity contribution in [1.82, 2.24) is 4.98 Å². The third-order valence-electron chi connectivity index (χ3n) is 5.44. The van der Waals surface area contributed by atoms with E-state index in [0.717, 1.165) is 5.56 Å². The predicted molar refractivity (Wildman–Crippen MR) is 131 cm³/mol. The van der Waals surface area contributed by atoms with E-state index in [1.807, 2.05) is 19.1 Å². The molecule has 7 nitrogen and oxygen atoms in total. The van der Waals surface area contributed by atoms with Crippen LogP contribution in [0.15, 0.2) is 47.5 Å². The summed E-state index contributed by atoms with van der Waals surface area (Å²) in [7, 11) is -3.86. The number of pyridine rings is 1. The van der Waals surface area contributed by atoms with Crippen molar-refractivity contribution < 1.29 is 18.3 Å². The fourth-order valence-corrected chi connectivity index (χ4v) is 5.74. The zero-order chi connectivity index (χ0) is 24.3. The molecule has 2 aromatic carbocycles. The lowest BCUT2D eigenvalue weighted by atomic mass is 10.1. The molecule has 0 aliphatic carbocycles. The minimum atomic E-state index is -3.86. The Kier molecular flexibility index (Phi) is 6.94. The van der Waals surface area contributed by atoms with Gasteiger partial charge in [-0.3, -0.25) is 14.5 Å². The van der Waals surface area contributed by atoms with Gasteiger partial charge in [0, 0.05) is 17.6 Å². The van der Waals surface area contributed by atoms with E-state index in [-0.39, 0.29) is 23.9 Å². The maximum atomic E-state index is 13.3. The first-order valence-corrected chi connectivity index (χ1v) is 11.9. The lowest BCUT2D eigenvalue weighted by Crippen LogP contribution is -2.35. The van der Waals surface area contributed by atoms with Gasteiger partial charge in [-0.15, -0.1) is 6.42 Å². The van der Waals surface area contributed by atoms with Crippen LogP contribution in [0.4, 0.5) is 11.4 Å². The van der Waals surface area contributed by atoms with E-state index >= 15 is 0 Å². The largest absolute Gasteiger partial charge is 0.481 e. The Bertz CT molecular complexity index is 1340. The molecule has 0 saturated carbocycles. The minimum absolute atomic E-state index is 0.101. The van der Waals surface area contributed by atoms with E-state index in [1.165, 1.54) is 0 Å². The number of hydrogen-bond acceptors (Lipinski definition) is 5. The third-order valence-corrected chi connectivity index (χ3v) is 7.11. The van der Waals surface area contributed by atoms with Gasteiger partial charge in [-0.2, -0.15) is 0 Å². The summed E-state index contributed by atoms with van der Waals surface area (Å²) in [5.41, 5.74) is 3.88. The number of aromatic nitrogens is 1. The molecule has 0 aliphatic rings. The van der Waals surface area contributed by atoms with Crippen LogP contribution in [0.5, 0.6) is 0 Å².